The molecule has 36 heavy (non-hydrogen) atoms. The number of para-hydroxylation sites is 2. The monoisotopic (exact) mass is 526 g/mol. The first-order valence-electron chi connectivity index (χ1n) is 12.2. The van der Waals surface area contributed by atoms with E-state index in [1.807, 2.05) is 119 Å². The van der Waals surface area contributed by atoms with E-state index in [4.69, 9.17) is 9.05 Å². The summed E-state index contributed by atoms with van der Waals surface area (Å²) in [7, 11) is -2.88. The number of rotatable bonds is 5. The standard InChI is InChI=1S/C29H42F3O3P/c1-25(2,3)19-15-13-16-20(26(4,5)6)23(19)33-36(35-29(30,31)32)34-24-21(27(7,8)9)17-14-18-22(24)28(10,11)12/h13-18H,1-12H3. The number of hydrogen-bond donors (Lipinski definition) is 0. The summed E-state index contributed by atoms with van der Waals surface area (Å²) in [6, 6.07) is 11.4. The summed E-state index contributed by atoms with van der Waals surface area (Å²) in [5.74, 6) is 0.747. The third-order valence-corrected chi connectivity index (χ3v) is 6.79. The van der Waals surface area contributed by atoms with Gasteiger partial charge in [0.2, 0.25) is 0 Å². The lowest BCUT2D eigenvalue weighted by Crippen LogP contribution is -2.22. The van der Waals surface area contributed by atoms with Crippen molar-refractivity contribution >= 4 is 8.60 Å². The number of benzene rings is 2. The molecular formula is C29H42F3O3P. The van der Waals surface area contributed by atoms with Gasteiger partial charge < -0.3 is 9.05 Å². The Morgan fingerprint density at radius 1 is 0.500 bits per heavy atom. The Balaban J connectivity index is 2.76. The van der Waals surface area contributed by atoms with E-state index >= 15 is 0 Å². The maximum Gasteiger partial charge on any atom is 0.530 e. The maximum atomic E-state index is 13.7. The average molecular weight is 527 g/mol. The Kier molecular flexibility index (Phi) is 8.60. The summed E-state index contributed by atoms with van der Waals surface area (Å²) in [4.78, 5) is 0. The van der Waals surface area contributed by atoms with Gasteiger partial charge in [0.25, 0.3) is 0 Å². The molecule has 0 saturated carbocycles. The van der Waals surface area contributed by atoms with Crippen molar-refractivity contribution in [3.63, 3.8) is 0 Å². The first kappa shape index (κ1) is 30.4. The third-order valence-electron chi connectivity index (χ3n) is 5.77. The van der Waals surface area contributed by atoms with Crippen LogP contribution in [0.15, 0.2) is 36.4 Å². The lowest BCUT2D eigenvalue weighted by atomic mass is 9.79. The van der Waals surface area contributed by atoms with E-state index in [0.29, 0.717) is 11.5 Å². The van der Waals surface area contributed by atoms with E-state index < -0.39 is 15.0 Å². The van der Waals surface area contributed by atoms with E-state index in [-0.39, 0.29) is 21.7 Å². The molecule has 0 aliphatic rings. The molecular weight excluding hydrogens is 484 g/mol. The zero-order valence-corrected chi connectivity index (χ0v) is 24.7. The van der Waals surface area contributed by atoms with Crippen LogP contribution in [0.4, 0.5) is 13.2 Å². The highest BCUT2D eigenvalue weighted by Gasteiger charge is 2.41. The van der Waals surface area contributed by atoms with Gasteiger partial charge in [0.1, 0.15) is 11.5 Å². The second-order valence-corrected chi connectivity index (χ2v) is 14.3. The Labute approximate surface area is 216 Å². The van der Waals surface area contributed by atoms with Gasteiger partial charge in [0, 0.05) is 22.3 Å². The second kappa shape index (κ2) is 10.2. The minimum absolute atomic E-state index is 0.374. The van der Waals surface area contributed by atoms with Crippen LogP contribution in [0, 0.1) is 0 Å². The molecule has 0 aliphatic carbocycles. The fraction of sp³-hybridized carbons (Fsp3) is 0.586. The van der Waals surface area contributed by atoms with Crippen LogP contribution in [-0.4, -0.2) is 6.36 Å². The molecule has 0 atom stereocenters. The molecule has 7 heteroatoms. The molecule has 0 spiro atoms. The lowest BCUT2D eigenvalue weighted by molar-refractivity contribution is -0.276. The first-order valence-corrected chi connectivity index (χ1v) is 13.3. The first-order chi connectivity index (χ1) is 16.0. The maximum absolute atomic E-state index is 13.7. The van der Waals surface area contributed by atoms with Crippen LogP contribution >= 0.6 is 8.60 Å². The molecule has 0 unspecified atom stereocenters. The normalized spacial score (nSPS) is 13.8. The zero-order chi connectivity index (χ0) is 27.9. The van der Waals surface area contributed by atoms with Gasteiger partial charge in [-0.25, -0.2) is 0 Å². The van der Waals surface area contributed by atoms with E-state index in [9.17, 15) is 13.2 Å². The molecule has 0 aliphatic heterocycles. The van der Waals surface area contributed by atoms with Crippen molar-refractivity contribution in [1.82, 2.24) is 0 Å². The topological polar surface area (TPSA) is 27.7 Å². The van der Waals surface area contributed by atoms with Crippen molar-refractivity contribution in [2.45, 2.75) is 111 Å². The van der Waals surface area contributed by atoms with Crippen LogP contribution in [0.25, 0.3) is 0 Å². The van der Waals surface area contributed by atoms with E-state index in [1.165, 1.54) is 0 Å². The molecule has 0 amide bonds. The van der Waals surface area contributed by atoms with Crippen molar-refractivity contribution < 1.29 is 26.7 Å². The Hall–Kier alpha value is -1.78. The summed E-state index contributed by atoms with van der Waals surface area (Å²) in [5.41, 5.74) is 1.64. The predicted molar refractivity (Wildman–Crippen MR) is 143 cm³/mol. The molecule has 0 heterocycles. The van der Waals surface area contributed by atoms with Crippen LogP contribution in [0.1, 0.15) is 105 Å². The quantitative estimate of drug-likeness (QED) is 0.363. The molecule has 0 radical (unpaired) electrons. The highest BCUT2D eigenvalue weighted by molar-refractivity contribution is 7.42. The largest absolute Gasteiger partial charge is 0.530 e. The number of halogens is 3. The van der Waals surface area contributed by atoms with Crippen LogP contribution < -0.4 is 9.05 Å². The Morgan fingerprint density at radius 2 is 0.750 bits per heavy atom. The van der Waals surface area contributed by atoms with Gasteiger partial charge >= 0.3 is 15.0 Å². The van der Waals surface area contributed by atoms with Gasteiger partial charge in [0.05, 0.1) is 0 Å². The van der Waals surface area contributed by atoms with Gasteiger partial charge in [-0.05, 0) is 21.7 Å². The highest BCUT2D eigenvalue weighted by Crippen LogP contribution is 2.53. The van der Waals surface area contributed by atoms with Gasteiger partial charge in [-0.1, -0.05) is 119 Å². The number of alkyl halides is 3. The molecule has 3 nitrogen and oxygen atoms in total. The molecule has 202 valence electrons. The summed E-state index contributed by atoms with van der Waals surface area (Å²) < 4.78 is 57.9. The lowest BCUT2D eigenvalue weighted by Gasteiger charge is -2.33. The van der Waals surface area contributed by atoms with Crippen molar-refractivity contribution in [3.8, 4) is 11.5 Å². The summed E-state index contributed by atoms with van der Waals surface area (Å²) in [6.07, 6.45) is -4.94. The molecule has 0 N–H and O–H groups in total. The molecule has 0 aromatic heterocycles. The minimum Gasteiger partial charge on any atom is -0.417 e. The van der Waals surface area contributed by atoms with Crippen LogP contribution in [0.5, 0.6) is 11.5 Å². The molecule has 2 aromatic carbocycles. The average Bonchev–Trinajstić information content (AvgIpc) is 2.63. The minimum atomic E-state index is -4.94. The van der Waals surface area contributed by atoms with Crippen LogP contribution in [0.2, 0.25) is 0 Å². The molecule has 2 rings (SSSR count). The van der Waals surface area contributed by atoms with Crippen LogP contribution in [-0.2, 0) is 26.2 Å². The fourth-order valence-corrected chi connectivity index (χ4v) is 4.89. The Morgan fingerprint density at radius 3 is 0.944 bits per heavy atom. The van der Waals surface area contributed by atoms with Crippen molar-refractivity contribution in [1.29, 1.82) is 0 Å². The summed E-state index contributed by atoms with van der Waals surface area (Å²) in [6.45, 7) is 24.0. The van der Waals surface area contributed by atoms with Gasteiger partial charge in [-0.2, -0.15) is 4.52 Å². The number of hydrogen-bond acceptors (Lipinski definition) is 3. The zero-order valence-electron chi connectivity index (χ0n) is 23.8. The van der Waals surface area contributed by atoms with Crippen molar-refractivity contribution in [3.05, 3.63) is 58.7 Å². The summed E-state index contributed by atoms with van der Waals surface area (Å²) >= 11 is 0. The fourth-order valence-electron chi connectivity index (χ4n) is 3.92. The molecule has 2 aromatic rings. The highest BCUT2D eigenvalue weighted by atomic mass is 31.2. The predicted octanol–water partition coefficient (Wildman–Crippen LogP) is 10.1. The van der Waals surface area contributed by atoms with Crippen molar-refractivity contribution in [2.24, 2.45) is 0 Å². The molecule has 0 fully saturated rings. The Bertz CT molecular complexity index is 908. The molecule has 0 bridgehead atoms. The molecule has 0 saturated heterocycles. The summed E-state index contributed by atoms with van der Waals surface area (Å²) in [5, 5.41) is 0. The third kappa shape index (κ3) is 7.86. The van der Waals surface area contributed by atoms with Gasteiger partial charge in [-0.3, -0.25) is 0 Å². The van der Waals surface area contributed by atoms with Crippen LogP contribution in [0.3, 0.4) is 0 Å². The van der Waals surface area contributed by atoms with E-state index in [1.54, 1.807) is 0 Å². The second-order valence-electron chi connectivity index (χ2n) is 13.3. The van der Waals surface area contributed by atoms with Crippen molar-refractivity contribution in [2.75, 3.05) is 0 Å². The van der Waals surface area contributed by atoms with Gasteiger partial charge in [0.15, 0.2) is 0 Å². The van der Waals surface area contributed by atoms with Gasteiger partial charge in [-0.15, -0.1) is 13.2 Å². The SMILES string of the molecule is CC(C)(C)c1cccc(C(C)(C)C)c1OP(Oc1c(C(C)(C)C)cccc1C(C)(C)C)OC(F)(F)F. The smallest absolute Gasteiger partial charge is 0.417 e. The van der Waals surface area contributed by atoms with E-state index in [2.05, 4.69) is 4.52 Å². The van der Waals surface area contributed by atoms with E-state index in [0.717, 1.165) is 22.3 Å².